The van der Waals surface area contributed by atoms with Gasteiger partial charge in [-0.15, -0.1) is 0 Å². The zero-order chi connectivity index (χ0) is 28.3. The number of benzene rings is 4. The highest BCUT2D eigenvalue weighted by Gasteiger charge is 2.17. The van der Waals surface area contributed by atoms with Crippen LogP contribution in [0.1, 0.15) is 33.4 Å². The molecule has 0 unspecified atom stereocenters. The third-order valence-electron chi connectivity index (χ3n) is 6.76. The van der Waals surface area contributed by atoms with E-state index < -0.39 is 39.6 Å². The van der Waals surface area contributed by atoms with Crippen LogP contribution >= 0.6 is 0 Å². The number of hydrogen-bond donors (Lipinski definition) is 9. The minimum atomic E-state index is -0.464. The molecule has 0 aliphatic rings. The second kappa shape index (κ2) is 11.8. The minimum absolute atomic E-state index is 0.211. The average molecular weight is 535 g/mol. The third-order valence-corrected chi connectivity index (χ3v) is 6.76. The van der Waals surface area contributed by atoms with E-state index in [1.54, 1.807) is 54.6 Å². The second-order valence-corrected chi connectivity index (χ2v) is 9.18. The Morgan fingerprint density at radius 1 is 0.282 bits per heavy atom. The van der Waals surface area contributed by atoms with Gasteiger partial charge in [0.2, 0.25) is 0 Å². The largest absolute Gasteiger partial charge is 0.507 e. The van der Waals surface area contributed by atoms with Gasteiger partial charge in [-0.2, -0.15) is 0 Å². The van der Waals surface area contributed by atoms with E-state index in [0.717, 1.165) is 0 Å². The fourth-order valence-electron chi connectivity index (χ4n) is 4.63. The van der Waals surface area contributed by atoms with Crippen molar-refractivity contribution in [1.29, 1.82) is 0 Å². The Labute approximate surface area is 224 Å². The molecule has 0 aliphatic carbocycles. The highest BCUT2D eigenvalue weighted by atomic mass is 16.3. The topological polar surface area (TPSA) is 182 Å². The Hall–Kier alpha value is -3.96. The van der Waals surface area contributed by atoms with Crippen molar-refractivity contribution in [1.82, 2.24) is 0 Å². The summed E-state index contributed by atoms with van der Waals surface area (Å²) in [7, 11) is 0. The molecule has 0 aromatic heterocycles. The first-order valence-electron chi connectivity index (χ1n) is 12.1. The summed E-state index contributed by atoms with van der Waals surface area (Å²) in [6.07, 6.45) is 0. The van der Waals surface area contributed by atoms with Crippen molar-refractivity contribution in [2.75, 3.05) is 0 Å². The first kappa shape index (κ1) is 28.1. The third kappa shape index (κ3) is 5.45. The molecule has 0 fully saturated rings. The summed E-state index contributed by atoms with van der Waals surface area (Å²) in [4.78, 5) is 0. The maximum atomic E-state index is 10.3. The summed E-state index contributed by atoms with van der Waals surface area (Å²) in [5.41, 5.74) is 4.83. The van der Waals surface area contributed by atoms with Crippen LogP contribution in [-0.2, 0) is 39.6 Å². The van der Waals surface area contributed by atoms with Gasteiger partial charge >= 0.3 is 0 Å². The van der Waals surface area contributed by atoms with Crippen LogP contribution in [0.25, 0.3) is 33.4 Å². The molecular weight excluding hydrogens is 504 g/mol. The molecule has 0 saturated heterocycles. The molecule has 4 aromatic carbocycles. The molecule has 0 bridgehead atoms. The molecular formula is C30H30O9. The first-order valence-corrected chi connectivity index (χ1v) is 12.1. The van der Waals surface area contributed by atoms with Crippen molar-refractivity contribution in [3.8, 4) is 50.6 Å². The van der Waals surface area contributed by atoms with Gasteiger partial charge in [0.05, 0.1) is 39.6 Å². The summed E-state index contributed by atoms with van der Waals surface area (Å²) < 4.78 is 0. The number of phenols is 3. The fraction of sp³-hybridized carbons (Fsp3) is 0.200. The predicted octanol–water partition coefficient (Wildman–Crippen LogP) is 2.76. The van der Waals surface area contributed by atoms with Gasteiger partial charge in [0, 0.05) is 33.4 Å². The van der Waals surface area contributed by atoms with Crippen molar-refractivity contribution < 1.29 is 46.0 Å². The number of hydrogen-bond acceptors (Lipinski definition) is 9. The fourth-order valence-corrected chi connectivity index (χ4v) is 4.63. The van der Waals surface area contributed by atoms with Gasteiger partial charge in [-0.1, -0.05) is 0 Å². The van der Waals surface area contributed by atoms with Gasteiger partial charge in [0.15, 0.2) is 0 Å². The van der Waals surface area contributed by atoms with E-state index in [-0.39, 0.29) is 50.6 Å². The average Bonchev–Trinajstić information content (AvgIpc) is 2.97. The van der Waals surface area contributed by atoms with Crippen LogP contribution in [0, 0.1) is 0 Å². The van der Waals surface area contributed by atoms with Crippen molar-refractivity contribution in [2.45, 2.75) is 39.6 Å². The smallest absolute Gasteiger partial charge is 0.126 e. The van der Waals surface area contributed by atoms with Crippen molar-refractivity contribution in [3.05, 3.63) is 88.0 Å². The molecule has 39 heavy (non-hydrogen) atoms. The van der Waals surface area contributed by atoms with E-state index in [9.17, 15) is 46.0 Å². The van der Waals surface area contributed by atoms with Crippen LogP contribution in [-0.4, -0.2) is 46.0 Å². The molecule has 9 N–H and O–H groups in total. The zero-order valence-corrected chi connectivity index (χ0v) is 21.0. The van der Waals surface area contributed by atoms with E-state index in [0.29, 0.717) is 33.4 Å². The molecule has 0 amide bonds. The summed E-state index contributed by atoms with van der Waals surface area (Å²) in [5, 5.41) is 89.7. The second-order valence-electron chi connectivity index (χ2n) is 9.18. The summed E-state index contributed by atoms with van der Waals surface area (Å²) in [6.45, 7) is -2.78. The number of aliphatic hydroxyl groups is 6. The van der Waals surface area contributed by atoms with Gasteiger partial charge in [-0.3, -0.25) is 0 Å². The molecule has 0 radical (unpaired) electrons. The Kier molecular flexibility index (Phi) is 8.51. The van der Waals surface area contributed by atoms with Crippen LogP contribution in [0.5, 0.6) is 17.2 Å². The van der Waals surface area contributed by atoms with E-state index in [1.807, 2.05) is 0 Å². The Bertz CT molecular complexity index is 1240. The SMILES string of the molecule is OCc1cc(-c2cc(-c3cc(CO)c(O)c(CO)c3)cc(-c3cc(CO)c(O)c(CO)c3)c2)cc(CO)c1O. The van der Waals surface area contributed by atoms with E-state index in [4.69, 9.17) is 0 Å². The van der Waals surface area contributed by atoms with Crippen molar-refractivity contribution in [3.63, 3.8) is 0 Å². The predicted molar refractivity (Wildman–Crippen MR) is 143 cm³/mol. The van der Waals surface area contributed by atoms with E-state index >= 15 is 0 Å². The standard InChI is InChI=1S/C30H30O9/c31-10-22-4-19(5-23(11-32)28(22)37)16-1-17(20-6-24(12-33)29(38)25(7-20)13-34)3-18(2-16)21-8-26(14-35)30(39)27(9-21)15-36/h1-9,31-39H,10-15H2. The van der Waals surface area contributed by atoms with Crippen LogP contribution in [0.15, 0.2) is 54.6 Å². The highest BCUT2D eigenvalue weighted by Crippen LogP contribution is 2.39. The normalized spacial score (nSPS) is 11.2. The molecule has 4 rings (SSSR count). The van der Waals surface area contributed by atoms with Crippen LogP contribution < -0.4 is 0 Å². The highest BCUT2D eigenvalue weighted by molar-refractivity contribution is 5.83. The minimum Gasteiger partial charge on any atom is -0.507 e. The van der Waals surface area contributed by atoms with Gasteiger partial charge in [0.1, 0.15) is 17.2 Å². The molecule has 0 spiro atoms. The Morgan fingerprint density at radius 3 is 0.590 bits per heavy atom. The lowest BCUT2D eigenvalue weighted by atomic mass is 9.89. The lowest BCUT2D eigenvalue weighted by Crippen LogP contribution is -1.96. The van der Waals surface area contributed by atoms with Crippen molar-refractivity contribution in [2.24, 2.45) is 0 Å². The van der Waals surface area contributed by atoms with Crippen LogP contribution in [0.2, 0.25) is 0 Å². The summed E-state index contributed by atoms with van der Waals surface area (Å²) in [5.74, 6) is -0.632. The van der Waals surface area contributed by atoms with Gasteiger partial charge in [-0.25, -0.2) is 0 Å². The zero-order valence-electron chi connectivity index (χ0n) is 21.0. The van der Waals surface area contributed by atoms with Crippen LogP contribution in [0.3, 0.4) is 0 Å². The molecule has 0 heterocycles. The molecule has 9 heteroatoms. The Morgan fingerprint density at radius 2 is 0.436 bits per heavy atom. The van der Waals surface area contributed by atoms with Crippen LogP contribution in [0.4, 0.5) is 0 Å². The molecule has 0 saturated carbocycles. The number of aromatic hydroxyl groups is 3. The van der Waals surface area contributed by atoms with E-state index in [2.05, 4.69) is 0 Å². The van der Waals surface area contributed by atoms with E-state index in [1.165, 1.54) is 0 Å². The lowest BCUT2D eigenvalue weighted by Gasteiger charge is -2.17. The summed E-state index contributed by atoms with van der Waals surface area (Å²) >= 11 is 0. The lowest BCUT2D eigenvalue weighted by molar-refractivity contribution is 0.263. The summed E-state index contributed by atoms with van der Waals surface area (Å²) in [6, 6.07) is 14.9. The van der Waals surface area contributed by atoms with Crippen molar-refractivity contribution >= 4 is 0 Å². The molecule has 4 aromatic rings. The van der Waals surface area contributed by atoms with Gasteiger partial charge in [0.25, 0.3) is 0 Å². The number of rotatable bonds is 9. The van der Waals surface area contributed by atoms with Gasteiger partial charge < -0.3 is 46.0 Å². The molecule has 0 aliphatic heterocycles. The first-order chi connectivity index (χ1) is 18.8. The Balaban J connectivity index is 2.04. The maximum absolute atomic E-state index is 10.3. The maximum Gasteiger partial charge on any atom is 0.126 e. The molecule has 204 valence electrons. The van der Waals surface area contributed by atoms with Gasteiger partial charge in [-0.05, 0) is 88.0 Å². The monoisotopic (exact) mass is 534 g/mol. The molecule has 9 nitrogen and oxygen atoms in total. The molecule has 0 atom stereocenters. The quantitative estimate of drug-likeness (QED) is 0.156. The number of aliphatic hydroxyl groups excluding tert-OH is 6.